The highest BCUT2D eigenvalue weighted by Gasteiger charge is 2.49. The van der Waals surface area contributed by atoms with Crippen LogP contribution >= 0.6 is 0 Å². The number of carbonyl (C=O) groups excluding carboxylic acids is 1. The van der Waals surface area contributed by atoms with Crippen LogP contribution in [0.25, 0.3) is 0 Å². The number of epoxide rings is 1. The molecular formula is C20H34O5. The molecule has 5 nitrogen and oxygen atoms in total. The summed E-state index contributed by atoms with van der Waals surface area (Å²) in [4.78, 5) is 12.0. The van der Waals surface area contributed by atoms with Gasteiger partial charge in [0.1, 0.15) is 0 Å². The van der Waals surface area contributed by atoms with E-state index in [-0.39, 0.29) is 18.0 Å². The molecule has 0 spiro atoms. The third-order valence-electron chi connectivity index (χ3n) is 5.74. The predicted molar refractivity (Wildman–Crippen MR) is 94.4 cm³/mol. The van der Waals surface area contributed by atoms with Gasteiger partial charge in [0.25, 0.3) is 0 Å². The van der Waals surface area contributed by atoms with Crippen LogP contribution in [0.15, 0.2) is 0 Å². The molecule has 5 unspecified atom stereocenters. The zero-order valence-corrected chi connectivity index (χ0v) is 15.6. The van der Waals surface area contributed by atoms with Crippen LogP contribution in [-0.2, 0) is 23.7 Å². The summed E-state index contributed by atoms with van der Waals surface area (Å²) in [7, 11) is 0. The molecule has 3 rings (SSSR count). The SMILES string of the molecule is CC1CC(C(=O)OCCCCCCCOCC2CCC3OC23)CCO1. The Morgan fingerprint density at radius 1 is 1.04 bits per heavy atom. The summed E-state index contributed by atoms with van der Waals surface area (Å²) in [6.07, 6.45) is 11.0. The van der Waals surface area contributed by atoms with Crippen LogP contribution < -0.4 is 0 Å². The van der Waals surface area contributed by atoms with Crippen molar-refractivity contribution in [1.82, 2.24) is 0 Å². The standard InChI is InChI=1S/C20H34O5/c1-15-13-16(9-12-23-15)20(21)24-11-6-4-2-3-5-10-22-14-17-7-8-18-19(17)25-18/h15-19H,2-14H2,1H3. The van der Waals surface area contributed by atoms with Crippen LogP contribution in [0.3, 0.4) is 0 Å². The molecule has 3 fully saturated rings. The first-order chi connectivity index (χ1) is 12.2. The molecule has 0 aromatic rings. The van der Waals surface area contributed by atoms with Gasteiger partial charge in [-0.3, -0.25) is 4.79 Å². The summed E-state index contributed by atoms with van der Waals surface area (Å²) in [5, 5.41) is 0. The Bertz CT molecular complexity index is 413. The molecule has 1 saturated carbocycles. The highest BCUT2D eigenvalue weighted by Crippen LogP contribution is 2.42. The Balaban J connectivity index is 1.08. The Hall–Kier alpha value is -0.650. The predicted octanol–water partition coefficient (Wildman–Crippen LogP) is 3.49. The average molecular weight is 354 g/mol. The molecule has 1 aliphatic carbocycles. The van der Waals surface area contributed by atoms with E-state index < -0.39 is 0 Å². The second kappa shape index (κ2) is 9.89. The highest BCUT2D eigenvalue weighted by molar-refractivity contribution is 5.72. The smallest absolute Gasteiger partial charge is 0.309 e. The molecule has 0 aromatic carbocycles. The fourth-order valence-corrected chi connectivity index (χ4v) is 4.10. The van der Waals surface area contributed by atoms with Gasteiger partial charge in [0.2, 0.25) is 0 Å². The van der Waals surface area contributed by atoms with Gasteiger partial charge in [0, 0.05) is 19.1 Å². The quantitative estimate of drug-likeness (QED) is 0.323. The first-order valence-electron chi connectivity index (χ1n) is 10.3. The van der Waals surface area contributed by atoms with Crippen molar-refractivity contribution >= 4 is 5.97 Å². The summed E-state index contributed by atoms with van der Waals surface area (Å²) >= 11 is 0. The molecule has 0 N–H and O–H groups in total. The van der Waals surface area contributed by atoms with Crippen LogP contribution in [0.5, 0.6) is 0 Å². The maximum atomic E-state index is 12.0. The van der Waals surface area contributed by atoms with Gasteiger partial charge in [0.05, 0.1) is 37.4 Å². The Morgan fingerprint density at radius 2 is 1.84 bits per heavy atom. The van der Waals surface area contributed by atoms with E-state index in [1.807, 2.05) is 6.92 Å². The number of hydrogen-bond donors (Lipinski definition) is 0. The minimum atomic E-state index is -0.0302. The Labute approximate surface area is 151 Å². The molecule has 0 radical (unpaired) electrons. The molecule has 3 aliphatic rings. The van der Waals surface area contributed by atoms with Crippen LogP contribution in [0.2, 0.25) is 0 Å². The lowest BCUT2D eigenvalue weighted by atomic mass is 9.96. The molecule has 5 atom stereocenters. The number of unbranched alkanes of at least 4 members (excludes halogenated alkanes) is 4. The van der Waals surface area contributed by atoms with Crippen molar-refractivity contribution in [3.8, 4) is 0 Å². The average Bonchev–Trinajstić information content (AvgIpc) is 3.29. The normalized spacial score (nSPS) is 33.9. The molecule has 25 heavy (non-hydrogen) atoms. The van der Waals surface area contributed by atoms with Gasteiger partial charge in [0.15, 0.2) is 0 Å². The zero-order valence-electron chi connectivity index (χ0n) is 15.6. The maximum Gasteiger partial charge on any atom is 0.309 e. The number of rotatable bonds is 11. The molecule has 0 amide bonds. The summed E-state index contributed by atoms with van der Waals surface area (Å²) in [6.45, 7) is 5.00. The van der Waals surface area contributed by atoms with Crippen molar-refractivity contribution in [3.05, 3.63) is 0 Å². The van der Waals surface area contributed by atoms with Crippen LogP contribution in [-0.4, -0.2) is 50.7 Å². The Kier molecular flexibility index (Phi) is 7.56. The fourth-order valence-electron chi connectivity index (χ4n) is 4.10. The van der Waals surface area contributed by atoms with Crippen molar-refractivity contribution in [3.63, 3.8) is 0 Å². The first-order valence-corrected chi connectivity index (χ1v) is 10.3. The second-order valence-corrected chi connectivity index (χ2v) is 7.89. The summed E-state index contributed by atoms with van der Waals surface area (Å²) in [5.74, 6) is 0.660. The largest absolute Gasteiger partial charge is 0.465 e. The second-order valence-electron chi connectivity index (χ2n) is 7.89. The van der Waals surface area contributed by atoms with E-state index >= 15 is 0 Å². The van der Waals surface area contributed by atoms with E-state index in [1.54, 1.807) is 0 Å². The topological polar surface area (TPSA) is 57.3 Å². The van der Waals surface area contributed by atoms with Crippen molar-refractivity contribution in [2.24, 2.45) is 11.8 Å². The lowest BCUT2D eigenvalue weighted by Gasteiger charge is -2.25. The molecular weight excluding hydrogens is 320 g/mol. The van der Waals surface area contributed by atoms with E-state index in [1.165, 1.54) is 25.7 Å². The van der Waals surface area contributed by atoms with E-state index in [0.717, 1.165) is 45.3 Å². The first kappa shape index (κ1) is 19.1. The van der Waals surface area contributed by atoms with Gasteiger partial charge in [-0.2, -0.15) is 0 Å². The number of carbonyl (C=O) groups is 1. The van der Waals surface area contributed by atoms with Crippen molar-refractivity contribution in [1.29, 1.82) is 0 Å². The van der Waals surface area contributed by atoms with Crippen molar-refractivity contribution in [2.75, 3.05) is 26.4 Å². The van der Waals surface area contributed by atoms with Crippen molar-refractivity contribution in [2.45, 2.75) is 83.0 Å². The minimum Gasteiger partial charge on any atom is -0.465 e. The van der Waals surface area contributed by atoms with E-state index in [9.17, 15) is 4.79 Å². The third kappa shape index (κ3) is 6.22. The number of hydrogen-bond acceptors (Lipinski definition) is 5. The summed E-state index contributed by atoms with van der Waals surface area (Å²) < 4.78 is 22.2. The van der Waals surface area contributed by atoms with E-state index in [2.05, 4.69) is 0 Å². The fraction of sp³-hybridized carbons (Fsp3) is 0.950. The molecule has 2 saturated heterocycles. The lowest BCUT2D eigenvalue weighted by Crippen LogP contribution is -2.29. The van der Waals surface area contributed by atoms with Gasteiger partial charge in [-0.25, -0.2) is 0 Å². The molecule has 144 valence electrons. The number of ether oxygens (including phenoxy) is 4. The van der Waals surface area contributed by atoms with Gasteiger partial charge in [-0.1, -0.05) is 19.3 Å². The molecule has 5 heteroatoms. The monoisotopic (exact) mass is 354 g/mol. The molecule has 2 aliphatic heterocycles. The van der Waals surface area contributed by atoms with E-state index in [0.29, 0.717) is 31.3 Å². The van der Waals surface area contributed by atoms with E-state index in [4.69, 9.17) is 18.9 Å². The summed E-state index contributed by atoms with van der Waals surface area (Å²) in [6, 6.07) is 0. The molecule has 0 bridgehead atoms. The van der Waals surface area contributed by atoms with Crippen LogP contribution in [0.1, 0.15) is 64.7 Å². The third-order valence-corrected chi connectivity index (χ3v) is 5.74. The van der Waals surface area contributed by atoms with Gasteiger partial charge < -0.3 is 18.9 Å². The summed E-state index contributed by atoms with van der Waals surface area (Å²) in [5.41, 5.74) is 0. The molecule has 2 heterocycles. The number of esters is 1. The van der Waals surface area contributed by atoms with Gasteiger partial charge in [-0.05, 0) is 45.4 Å². The van der Waals surface area contributed by atoms with Gasteiger partial charge in [-0.15, -0.1) is 0 Å². The Morgan fingerprint density at radius 3 is 2.56 bits per heavy atom. The van der Waals surface area contributed by atoms with Crippen LogP contribution in [0, 0.1) is 11.8 Å². The van der Waals surface area contributed by atoms with Crippen LogP contribution in [0.4, 0.5) is 0 Å². The number of fused-ring (bicyclic) bond motifs is 1. The molecule has 0 aromatic heterocycles. The maximum absolute atomic E-state index is 12.0. The highest BCUT2D eigenvalue weighted by atomic mass is 16.6. The van der Waals surface area contributed by atoms with Crippen molar-refractivity contribution < 1.29 is 23.7 Å². The van der Waals surface area contributed by atoms with Gasteiger partial charge >= 0.3 is 5.97 Å². The zero-order chi connectivity index (χ0) is 17.5. The lowest BCUT2D eigenvalue weighted by molar-refractivity contribution is -0.153. The minimum absolute atomic E-state index is 0.0302.